The second kappa shape index (κ2) is 7.03. The van der Waals surface area contributed by atoms with Gasteiger partial charge in [0.1, 0.15) is 10.8 Å². The van der Waals surface area contributed by atoms with Gasteiger partial charge in [-0.25, -0.2) is 9.67 Å². The van der Waals surface area contributed by atoms with Gasteiger partial charge in [-0.05, 0) is 37.8 Å². The molecule has 0 spiro atoms. The molecule has 1 aliphatic heterocycles. The van der Waals surface area contributed by atoms with E-state index in [1.807, 2.05) is 0 Å². The van der Waals surface area contributed by atoms with E-state index in [-0.39, 0.29) is 29.6 Å². The lowest BCUT2D eigenvalue weighted by molar-refractivity contribution is 0.0736. The summed E-state index contributed by atoms with van der Waals surface area (Å²) in [5.74, 6) is -0.432. The zero-order valence-electron chi connectivity index (χ0n) is 14.2. The number of nitrogens with one attached hydrogen (secondary N) is 1. The van der Waals surface area contributed by atoms with Crippen molar-refractivity contribution in [3.63, 3.8) is 0 Å². The van der Waals surface area contributed by atoms with Gasteiger partial charge in [0.2, 0.25) is 0 Å². The summed E-state index contributed by atoms with van der Waals surface area (Å²) in [4.78, 5) is 31.1. The number of carbonyl (C=O) groups excluding carboxylic acids is 2. The summed E-state index contributed by atoms with van der Waals surface area (Å²) in [7, 11) is 0. The van der Waals surface area contributed by atoms with Gasteiger partial charge in [-0.2, -0.15) is 0 Å². The molecule has 1 saturated carbocycles. The fourth-order valence-electron chi connectivity index (χ4n) is 3.19. The van der Waals surface area contributed by atoms with E-state index < -0.39 is 0 Å². The van der Waals surface area contributed by atoms with Gasteiger partial charge in [-0.1, -0.05) is 22.9 Å². The Morgan fingerprint density at radius 3 is 2.77 bits per heavy atom. The van der Waals surface area contributed by atoms with Crippen LogP contribution in [0.2, 0.25) is 5.15 Å². The van der Waals surface area contributed by atoms with Crippen LogP contribution in [-0.2, 0) is 13.1 Å². The maximum absolute atomic E-state index is 12.8. The van der Waals surface area contributed by atoms with Crippen molar-refractivity contribution in [1.29, 1.82) is 0 Å². The number of pyridine rings is 1. The molecule has 8 nitrogen and oxygen atoms in total. The molecule has 1 fully saturated rings. The summed E-state index contributed by atoms with van der Waals surface area (Å²) in [6, 6.07) is 5.18. The number of aryl methyl sites for hydroxylation is 1. The fraction of sp³-hybridized carbons (Fsp3) is 0.471. The van der Waals surface area contributed by atoms with E-state index in [1.165, 1.54) is 0 Å². The molecular formula is C17H19ClN6O2. The van der Waals surface area contributed by atoms with Gasteiger partial charge in [0.05, 0.1) is 12.2 Å². The number of fused-ring (bicyclic) bond motifs is 1. The molecule has 26 heavy (non-hydrogen) atoms. The number of rotatable bonds is 3. The van der Waals surface area contributed by atoms with Gasteiger partial charge >= 0.3 is 0 Å². The maximum atomic E-state index is 12.8. The van der Waals surface area contributed by atoms with E-state index in [0.29, 0.717) is 30.2 Å². The first-order valence-corrected chi connectivity index (χ1v) is 9.14. The molecule has 0 bridgehead atoms. The Hall–Kier alpha value is -2.48. The Morgan fingerprint density at radius 1 is 1.19 bits per heavy atom. The van der Waals surface area contributed by atoms with E-state index >= 15 is 0 Å². The molecule has 1 aliphatic carbocycles. The summed E-state index contributed by atoms with van der Waals surface area (Å²) in [5.41, 5.74) is 1.25. The third-order valence-electron chi connectivity index (χ3n) is 4.85. The first-order valence-electron chi connectivity index (χ1n) is 8.77. The highest BCUT2D eigenvalue weighted by molar-refractivity contribution is 6.29. The zero-order valence-corrected chi connectivity index (χ0v) is 14.9. The number of carbonyl (C=O) groups is 2. The predicted octanol–water partition coefficient (Wildman–Crippen LogP) is 1.65. The number of hydrogen-bond donors (Lipinski definition) is 1. The topological polar surface area (TPSA) is 93.0 Å². The average Bonchev–Trinajstić information content (AvgIpc) is 2.87. The summed E-state index contributed by atoms with van der Waals surface area (Å²) < 4.78 is 1.72. The Bertz CT molecular complexity index is 848. The lowest BCUT2D eigenvalue weighted by Gasteiger charge is -2.26. The van der Waals surface area contributed by atoms with E-state index in [1.54, 1.807) is 27.8 Å². The van der Waals surface area contributed by atoms with Crippen LogP contribution in [0.25, 0.3) is 0 Å². The van der Waals surface area contributed by atoms with Crippen LogP contribution in [0.1, 0.15) is 52.4 Å². The van der Waals surface area contributed by atoms with E-state index in [9.17, 15) is 9.59 Å². The Balaban J connectivity index is 1.56. The van der Waals surface area contributed by atoms with Crippen molar-refractivity contribution in [2.45, 2.75) is 44.8 Å². The molecule has 2 amide bonds. The first-order chi connectivity index (χ1) is 12.6. The SMILES string of the molecule is O=C(NC1CCC1)c1nnn2c1CN(C(=O)c1cccc(Cl)n1)CCC2. The Kier molecular flexibility index (Phi) is 4.58. The zero-order chi connectivity index (χ0) is 18.1. The monoisotopic (exact) mass is 374 g/mol. The second-order valence-electron chi connectivity index (χ2n) is 6.63. The molecule has 1 N–H and O–H groups in total. The maximum Gasteiger partial charge on any atom is 0.274 e. The third-order valence-corrected chi connectivity index (χ3v) is 5.06. The molecule has 2 aromatic heterocycles. The fourth-order valence-corrected chi connectivity index (χ4v) is 3.35. The van der Waals surface area contributed by atoms with Crippen molar-refractivity contribution in [3.05, 3.63) is 40.4 Å². The van der Waals surface area contributed by atoms with Crippen molar-refractivity contribution in [2.75, 3.05) is 6.54 Å². The minimum Gasteiger partial charge on any atom is -0.348 e. The van der Waals surface area contributed by atoms with Crippen LogP contribution in [-0.4, -0.2) is 49.3 Å². The van der Waals surface area contributed by atoms with Crippen LogP contribution >= 0.6 is 11.6 Å². The highest BCUT2D eigenvalue weighted by atomic mass is 35.5. The van der Waals surface area contributed by atoms with Crippen LogP contribution in [0.15, 0.2) is 18.2 Å². The van der Waals surface area contributed by atoms with Crippen molar-refractivity contribution in [2.24, 2.45) is 0 Å². The number of hydrogen-bond acceptors (Lipinski definition) is 5. The number of aromatic nitrogens is 4. The molecule has 3 heterocycles. The largest absolute Gasteiger partial charge is 0.348 e. The number of amides is 2. The Morgan fingerprint density at radius 2 is 2.04 bits per heavy atom. The van der Waals surface area contributed by atoms with Crippen LogP contribution in [0.3, 0.4) is 0 Å². The molecule has 0 unspecified atom stereocenters. The molecule has 0 aromatic carbocycles. The molecule has 0 atom stereocenters. The van der Waals surface area contributed by atoms with Gasteiger partial charge in [-0.15, -0.1) is 5.10 Å². The van der Waals surface area contributed by atoms with Crippen molar-refractivity contribution in [1.82, 2.24) is 30.2 Å². The highest BCUT2D eigenvalue weighted by Gasteiger charge is 2.29. The average molecular weight is 375 g/mol. The smallest absolute Gasteiger partial charge is 0.274 e. The van der Waals surface area contributed by atoms with E-state index in [4.69, 9.17) is 11.6 Å². The van der Waals surface area contributed by atoms with Gasteiger partial charge in [0.25, 0.3) is 11.8 Å². The predicted molar refractivity (Wildman–Crippen MR) is 93.7 cm³/mol. The van der Waals surface area contributed by atoms with Crippen LogP contribution < -0.4 is 5.32 Å². The van der Waals surface area contributed by atoms with Gasteiger partial charge in [0, 0.05) is 19.1 Å². The lowest BCUT2D eigenvalue weighted by Crippen LogP contribution is -2.40. The Labute approximate surface area is 155 Å². The lowest BCUT2D eigenvalue weighted by atomic mass is 9.93. The molecule has 136 valence electrons. The van der Waals surface area contributed by atoms with Gasteiger partial charge in [0.15, 0.2) is 5.69 Å². The summed E-state index contributed by atoms with van der Waals surface area (Å²) >= 11 is 5.90. The van der Waals surface area contributed by atoms with Crippen LogP contribution in [0.5, 0.6) is 0 Å². The molecule has 0 radical (unpaired) electrons. The van der Waals surface area contributed by atoms with Gasteiger partial charge in [-0.3, -0.25) is 9.59 Å². The van der Waals surface area contributed by atoms with Crippen LogP contribution in [0, 0.1) is 0 Å². The third kappa shape index (κ3) is 3.29. The highest BCUT2D eigenvalue weighted by Crippen LogP contribution is 2.21. The first kappa shape index (κ1) is 17.0. The van der Waals surface area contributed by atoms with E-state index in [0.717, 1.165) is 25.7 Å². The normalized spacial score (nSPS) is 17.2. The van der Waals surface area contributed by atoms with Gasteiger partial charge < -0.3 is 10.2 Å². The summed E-state index contributed by atoms with van der Waals surface area (Å²) in [6.07, 6.45) is 3.87. The standard InChI is InChI=1S/C17H19ClN6O2/c18-14-7-2-6-12(20-14)17(26)23-8-3-9-24-13(10-23)15(21-22-24)16(25)19-11-4-1-5-11/h2,6-7,11H,1,3-5,8-10H2,(H,19,25). The molecule has 2 aliphatic rings. The molecule has 2 aromatic rings. The van der Waals surface area contributed by atoms with Crippen LogP contribution in [0.4, 0.5) is 0 Å². The minimum absolute atomic E-state index is 0.215. The van der Waals surface area contributed by atoms with Crippen molar-refractivity contribution in [3.8, 4) is 0 Å². The second-order valence-corrected chi connectivity index (χ2v) is 7.02. The molecule has 0 saturated heterocycles. The van der Waals surface area contributed by atoms with E-state index in [2.05, 4.69) is 20.6 Å². The molecule has 9 heteroatoms. The summed E-state index contributed by atoms with van der Waals surface area (Å²) in [5, 5.41) is 11.4. The number of halogens is 1. The summed E-state index contributed by atoms with van der Waals surface area (Å²) in [6.45, 7) is 1.44. The molecular weight excluding hydrogens is 356 g/mol. The number of nitrogens with zero attached hydrogens (tertiary/aromatic N) is 5. The minimum atomic E-state index is -0.217. The quantitative estimate of drug-likeness (QED) is 0.824. The molecule has 4 rings (SSSR count). The van der Waals surface area contributed by atoms with Crippen molar-refractivity contribution < 1.29 is 9.59 Å². The van der Waals surface area contributed by atoms with Crippen molar-refractivity contribution >= 4 is 23.4 Å².